The summed E-state index contributed by atoms with van der Waals surface area (Å²) in [7, 11) is 0. The highest BCUT2D eigenvalue weighted by atomic mass is 16.5. The number of carbonyl (C=O) groups is 3. The lowest BCUT2D eigenvalue weighted by molar-refractivity contribution is -0.202. The van der Waals surface area contributed by atoms with Gasteiger partial charge in [0.15, 0.2) is 0 Å². The lowest BCUT2D eigenvalue weighted by atomic mass is 9.32. The summed E-state index contributed by atoms with van der Waals surface area (Å²) in [4.78, 5) is 35.3. The van der Waals surface area contributed by atoms with Gasteiger partial charge >= 0.3 is 11.9 Å². The topological polar surface area (TPSA) is 89.9 Å². The molecule has 0 heterocycles. The summed E-state index contributed by atoms with van der Waals surface area (Å²) in [5.41, 5.74) is 6.63. The number of ether oxygens (including phenoxy) is 2. The maximum atomic E-state index is 11.9. The van der Waals surface area contributed by atoms with Crippen LogP contribution in [-0.2, 0) is 25.1 Å². The molecular weight excluding hydrogens is 504 g/mol. The number of ketones is 1. The van der Waals surface area contributed by atoms with Gasteiger partial charge in [-0.25, -0.2) is 9.59 Å². The lowest BCUT2D eigenvalue weighted by Gasteiger charge is -2.72. The number of benzene rings is 2. The number of Topliss-reactive ketones (excluding diaryl/α,β-unsaturated/α-hetero) is 1. The third kappa shape index (κ3) is 4.30. The normalized spacial score (nSPS) is 31.1. The van der Waals surface area contributed by atoms with E-state index >= 15 is 0 Å². The fraction of sp³-hybridized carbons (Fsp3) is 0.559. The Kier molecular flexibility index (Phi) is 7.01. The van der Waals surface area contributed by atoms with Gasteiger partial charge in [-0.2, -0.15) is 0 Å². The van der Waals surface area contributed by atoms with Gasteiger partial charge in [0, 0.05) is 5.41 Å². The minimum atomic E-state index is -0.262. The molecule has 4 bridgehead atoms. The highest BCUT2D eigenvalue weighted by molar-refractivity contribution is 5.91. The molecule has 6 aliphatic rings. The first-order valence-corrected chi connectivity index (χ1v) is 14.6. The van der Waals surface area contributed by atoms with E-state index < -0.39 is 0 Å². The van der Waals surface area contributed by atoms with E-state index in [4.69, 9.17) is 9.47 Å². The van der Waals surface area contributed by atoms with Gasteiger partial charge in [0.05, 0.1) is 30.4 Å². The number of aliphatic hydroxyl groups excluding tert-OH is 1. The molecule has 8 rings (SSSR count). The molecular formula is C34H42O6. The van der Waals surface area contributed by atoms with Crippen LogP contribution in [0.4, 0.5) is 0 Å². The highest BCUT2D eigenvalue weighted by Gasteiger charge is 2.71. The van der Waals surface area contributed by atoms with Crippen molar-refractivity contribution in [1.29, 1.82) is 0 Å². The molecule has 0 spiro atoms. The molecule has 6 fully saturated rings. The minimum absolute atomic E-state index is 0.0492. The molecule has 1 unspecified atom stereocenters. The van der Waals surface area contributed by atoms with Crippen LogP contribution in [0.3, 0.4) is 0 Å². The van der Waals surface area contributed by atoms with Gasteiger partial charge in [0.25, 0.3) is 0 Å². The third-order valence-electron chi connectivity index (χ3n) is 10.4. The predicted octanol–water partition coefficient (Wildman–Crippen LogP) is 6.16. The molecule has 6 saturated carbocycles. The van der Waals surface area contributed by atoms with E-state index in [1.54, 1.807) is 6.92 Å². The van der Waals surface area contributed by atoms with E-state index in [9.17, 15) is 19.5 Å². The van der Waals surface area contributed by atoms with Crippen LogP contribution < -0.4 is 0 Å². The van der Waals surface area contributed by atoms with Crippen LogP contribution in [0.5, 0.6) is 0 Å². The van der Waals surface area contributed by atoms with Crippen molar-refractivity contribution < 1.29 is 29.0 Å². The minimum Gasteiger partial charge on any atom is -0.462 e. The molecule has 214 valence electrons. The molecule has 0 aromatic heterocycles. The Morgan fingerprint density at radius 3 is 1.52 bits per heavy atom. The first kappa shape index (κ1) is 28.5. The van der Waals surface area contributed by atoms with Crippen molar-refractivity contribution in [2.45, 2.75) is 97.0 Å². The summed E-state index contributed by atoms with van der Waals surface area (Å²) >= 11 is 0. The Bertz CT molecular complexity index is 1330. The highest BCUT2D eigenvalue weighted by Crippen LogP contribution is 2.75. The van der Waals surface area contributed by atoms with E-state index in [1.165, 1.54) is 22.3 Å². The fourth-order valence-corrected chi connectivity index (χ4v) is 8.11. The average molecular weight is 547 g/mol. The summed E-state index contributed by atoms with van der Waals surface area (Å²) in [5, 5.41) is 9.84. The Labute approximate surface area is 237 Å². The molecule has 0 aliphatic heterocycles. The number of hydrogen-bond donors (Lipinski definition) is 1. The van der Waals surface area contributed by atoms with Crippen molar-refractivity contribution in [3.8, 4) is 0 Å². The molecule has 6 heteroatoms. The summed E-state index contributed by atoms with van der Waals surface area (Å²) < 4.78 is 10.1. The van der Waals surface area contributed by atoms with Gasteiger partial charge in [-0.15, -0.1) is 0 Å². The van der Waals surface area contributed by atoms with Crippen LogP contribution in [0.2, 0.25) is 0 Å². The smallest absolute Gasteiger partial charge is 0.338 e. The SMILES string of the molecule is CCOC(=O)c1ccc(C)c(C23CC(C(C)=O)(C2)C3)c1.CCOC(=O)c1ccc(C)c(C23CC(C(C)O)(C2)C3)c1. The zero-order chi connectivity index (χ0) is 29.1. The molecule has 6 nitrogen and oxygen atoms in total. The van der Waals surface area contributed by atoms with Crippen molar-refractivity contribution in [2.75, 3.05) is 13.2 Å². The van der Waals surface area contributed by atoms with Crippen molar-refractivity contribution in [3.63, 3.8) is 0 Å². The van der Waals surface area contributed by atoms with Crippen molar-refractivity contribution in [1.82, 2.24) is 0 Å². The van der Waals surface area contributed by atoms with Gasteiger partial charge < -0.3 is 14.6 Å². The second-order valence-electron chi connectivity index (χ2n) is 13.0. The van der Waals surface area contributed by atoms with Crippen LogP contribution in [0, 0.1) is 24.7 Å². The van der Waals surface area contributed by atoms with E-state index in [2.05, 4.69) is 13.8 Å². The van der Waals surface area contributed by atoms with Crippen molar-refractivity contribution >= 4 is 17.7 Å². The first-order chi connectivity index (χ1) is 18.8. The Morgan fingerprint density at radius 1 is 0.775 bits per heavy atom. The maximum Gasteiger partial charge on any atom is 0.338 e. The Balaban J connectivity index is 0.000000161. The molecule has 0 saturated heterocycles. The fourth-order valence-electron chi connectivity index (χ4n) is 8.11. The molecule has 0 amide bonds. The van der Waals surface area contributed by atoms with Crippen LogP contribution in [0.1, 0.15) is 109 Å². The van der Waals surface area contributed by atoms with E-state index in [1.807, 2.05) is 57.2 Å². The quantitative estimate of drug-likeness (QED) is 0.399. The van der Waals surface area contributed by atoms with Crippen LogP contribution >= 0.6 is 0 Å². The molecule has 1 atom stereocenters. The largest absolute Gasteiger partial charge is 0.462 e. The van der Waals surface area contributed by atoms with E-state index in [0.717, 1.165) is 38.5 Å². The molecule has 1 N–H and O–H groups in total. The molecule has 0 radical (unpaired) electrons. The standard InChI is InChI=1S/C17H22O3.C17H20O3/c2*1-4-20-15(19)13-6-5-11(2)14(7-13)17-8-16(9-17,10-17)12(3)18/h5-7,12,18H,4,8-10H2,1-3H3;5-7H,4,8-10H2,1-3H3. The Morgan fingerprint density at radius 2 is 1.18 bits per heavy atom. The van der Waals surface area contributed by atoms with Gasteiger partial charge in [-0.05, 0) is 143 Å². The third-order valence-corrected chi connectivity index (χ3v) is 10.4. The average Bonchev–Trinajstić information content (AvgIpc) is 2.78. The van der Waals surface area contributed by atoms with Gasteiger partial charge in [-0.3, -0.25) is 4.79 Å². The summed E-state index contributed by atoms with van der Waals surface area (Å²) in [6.07, 6.45) is 5.76. The molecule has 40 heavy (non-hydrogen) atoms. The number of aryl methyl sites for hydroxylation is 2. The Hall–Kier alpha value is -2.99. The van der Waals surface area contributed by atoms with Crippen LogP contribution in [0.25, 0.3) is 0 Å². The summed E-state index contributed by atoms with van der Waals surface area (Å²) in [6.45, 7) is 12.2. The summed E-state index contributed by atoms with van der Waals surface area (Å²) in [6, 6.07) is 11.6. The summed E-state index contributed by atoms with van der Waals surface area (Å²) in [5.74, 6) is -0.189. The van der Waals surface area contributed by atoms with Crippen molar-refractivity contribution in [3.05, 3.63) is 69.8 Å². The second-order valence-corrected chi connectivity index (χ2v) is 13.0. The second kappa shape index (κ2) is 9.83. The van der Waals surface area contributed by atoms with Crippen molar-refractivity contribution in [2.24, 2.45) is 10.8 Å². The molecule has 2 aromatic carbocycles. The molecule has 6 aliphatic carbocycles. The number of esters is 2. The van der Waals surface area contributed by atoms with Crippen LogP contribution in [0.15, 0.2) is 36.4 Å². The first-order valence-electron chi connectivity index (χ1n) is 14.6. The number of hydrogen-bond acceptors (Lipinski definition) is 6. The zero-order valence-corrected chi connectivity index (χ0v) is 24.7. The number of carbonyl (C=O) groups excluding carboxylic acids is 3. The number of aliphatic hydroxyl groups is 1. The van der Waals surface area contributed by atoms with Gasteiger partial charge in [0.2, 0.25) is 0 Å². The molecule has 2 aromatic rings. The zero-order valence-electron chi connectivity index (χ0n) is 24.7. The maximum absolute atomic E-state index is 11.9. The number of rotatable bonds is 8. The lowest BCUT2D eigenvalue weighted by Crippen LogP contribution is -2.68. The van der Waals surface area contributed by atoms with Gasteiger partial charge in [0.1, 0.15) is 5.78 Å². The monoisotopic (exact) mass is 546 g/mol. The van der Waals surface area contributed by atoms with Crippen LogP contribution in [-0.4, -0.2) is 42.1 Å². The van der Waals surface area contributed by atoms with E-state index in [-0.39, 0.29) is 39.7 Å². The predicted molar refractivity (Wildman–Crippen MR) is 153 cm³/mol. The van der Waals surface area contributed by atoms with Gasteiger partial charge in [-0.1, -0.05) is 12.1 Å². The van der Waals surface area contributed by atoms with E-state index in [0.29, 0.717) is 30.1 Å².